The minimum atomic E-state index is -0.650. The lowest BCUT2D eigenvalue weighted by Gasteiger charge is -2.12. The summed E-state index contributed by atoms with van der Waals surface area (Å²) in [6, 6.07) is 18.8. The van der Waals surface area contributed by atoms with Crippen molar-refractivity contribution in [3.63, 3.8) is 0 Å². The number of nitrogens with one attached hydrogen (secondary N) is 1. The minimum absolute atomic E-state index is 0.195. The van der Waals surface area contributed by atoms with Crippen LogP contribution in [0.3, 0.4) is 0 Å². The molecule has 3 aromatic carbocycles. The molecule has 4 aromatic rings. The third-order valence-corrected chi connectivity index (χ3v) is 5.58. The Hall–Kier alpha value is -4.66. The number of fused-ring (bicyclic) bond motifs is 1. The van der Waals surface area contributed by atoms with Crippen LogP contribution in [0.1, 0.15) is 21.7 Å². The Kier molecular flexibility index (Phi) is 7.29. The number of esters is 1. The second-order valence-electron chi connectivity index (χ2n) is 7.91. The fourth-order valence-electron chi connectivity index (χ4n) is 3.75. The number of para-hydroxylation sites is 1. The number of carbonyl (C=O) groups is 2. The van der Waals surface area contributed by atoms with Gasteiger partial charge in [0.25, 0.3) is 11.5 Å². The molecule has 9 heteroatoms. The standard InChI is InChI=1S/C27H25N3O6/c1-17-29-22-7-5-4-6-21(22)26(32)30(17)20-11-9-19(10-12-20)27(33)36-16-25(31)28-15-18-8-13-23(34-2)24(14-18)35-3/h4-14H,15-16H2,1-3H3,(H,28,31). The van der Waals surface area contributed by atoms with Gasteiger partial charge in [-0.15, -0.1) is 0 Å². The Balaban J connectivity index is 1.37. The molecule has 9 nitrogen and oxygen atoms in total. The molecule has 0 fully saturated rings. The highest BCUT2D eigenvalue weighted by atomic mass is 16.5. The van der Waals surface area contributed by atoms with Crippen LogP contribution in [0.4, 0.5) is 0 Å². The van der Waals surface area contributed by atoms with E-state index < -0.39 is 18.5 Å². The van der Waals surface area contributed by atoms with Crippen LogP contribution in [0, 0.1) is 6.92 Å². The molecule has 0 aliphatic heterocycles. The molecule has 1 N–H and O–H groups in total. The van der Waals surface area contributed by atoms with E-state index in [2.05, 4.69) is 10.3 Å². The predicted molar refractivity (Wildman–Crippen MR) is 134 cm³/mol. The first-order valence-corrected chi connectivity index (χ1v) is 11.1. The number of hydrogen-bond donors (Lipinski definition) is 1. The molecule has 0 saturated carbocycles. The third-order valence-electron chi connectivity index (χ3n) is 5.58. The average Bonchev–Trinajstić information content (AvgIpc) is 2.90. The van der Waals surface area contributed by atoms with Crippen molar-refractivity contribution < 1.29 is 23.8 Å². The van der Waals surface area contributed by atoms with E-state index in [-0.39, 0.29) is 17.7 Å². The SMILES string of the molecule is COc1ccc(CNC(=O)COC(=O)c2ccc(-n3c(C)nc4ccccc4c3=O)cc2)cc1OC. The summed E-state index contributed by atoms with van der Waals surface area (Å²) in [5, 5.41) is 3.20. The summed E-state index contributed by atoms with van der Waals surface area (Å²) >= 11 is 0. The fraction of sp³-hybridized carbons (Fsp3) is 0.185. The zero-order chi connectivity index (χ0) is 25.7. The fourth-order valence-corrected chi connectivity index (χ4v) is 3.75. The molecule has 0 aliphatic carbocycles. The molecule has 0 unspecified atom stereocenters. The summed E-state index contributed by atoms with van der Waals surface area (Å²) in [6.07, 6.45) is 0. The summed E-state index contributed by atoms with van der Waals surface area (Å²) in [5.41, 5.74) is 2.06. The summed E-state index contributed by atoms with van der Waals surface area (Å²) in [7, 11) is 3.08. The van der Waals surface area contributed by atoms with E-state index in [1.165, 1.54) is 11.7 Å². The van der Waals surface area contributed by atoms with E-state index in [1.54, 1.807) is 74.7 Å². The maximum absolute atomic E-state index is 13.0. The summed E-state index contributed by atoms with van der Waals surface area (Å²) in [4.78, 5) is 42.0. The van der Waals surface area contributed by atoms with Crippen LogP contribution in [-0.2, 0) is 16.1 Å². The maximum Gasteiger partial charge on any atom is 0.338 e. The highest BCUT2D eigenvalue weighted by Crippen LogP contribution is 2.27. The van der Waals surface area contributed by atoms with Gasteiger partial charge in [-0.1, -0.05) is 18.2 Å². The number of amides is 1. The van der Waals surface area contributed by atoms with Gasteiger partial charge in [-0.05, 0) is 61.0 Å². The first kappa shape index (κ1) is 24.5. The van der Waals surface area contributed by atoms with Crippen LogP contribution in [0.15, 0.2) is 71.5 Å². The molecule has 4 rings (SSSR count). The molecule has 0 radical (unpaired) electrons. The number of hydrogen-bond acceptors (Lipinski definition) is 7. The van der Waals surface area contributed by atoms with E-state index in [1.807, 2.05) is 6.07 Å². The Labute approximate surface area is 207 Å². The minimum Gasteiger partial charge on any atom is -0.493 e. The van der Waals surface area contributed by atoms with E-state index in [4.69, 9.17) is 14.2 Å². The van der Waals surface area contributed by atoms with E-state index >= 15 is 0 Å². The van der Waals surface area contributed by atoms with Crippen molar-refractivity contribution in [3.05, 3.63) is 94.0 Å². The number of aryl methyl sites for hydroxylation is 1. The number of methoxy groups -OCH3 is 2. The Bertz CT molecular complexity index is 1480. The summed E-state index contributed by atoms with van der Waals surface area (Å²) < 4.78 is 17.1. The van der Waals surface area contributed by atoms with E-state index in [0.717, 1.165) is 5.56 Å². The van der Waals surface area contributed by atoms with Crippen LogP contribution < -0.4 is 20.3 Å². The van der Waals surface area contributed by atoms with Crippen LogP contribution in [-0.4, -0.2) is 42.3 Å². The lowest BCUT2D eigenvalue weighted by molar-refractivity contribution is -0.124. The molecule has 1 amide bonds. The van der Waals surface area contributed by atoms with Crippen molar-refractivity contribution in [3.8, 4) is 17.2 Å². The Morgan fingerprint density at radius 2 is 1.67 bits per heavy atom. The molecule has 1 aromatic heterocycles. The lowest BCUT2D eigenvalue weighted by Crippen LogP contribution is -2.28. The van der Waals surface area contributed by atoms with Gasteiger partial charge in [0, 0.05) is 6.54 Å². The van der Waals surface area contributed by atoms with Gasteiger partial charge in [0.2, 0.25) is 0 Å². The van der Waals surface area contributed by atoms with Crippen LogP contribution in [0.25, 0.3) is 16.6 Å². The van der Waals surface area contributed by atoms with Gasteiger partial charge < -0.3 is 19.5 Å². The van der Waals surface area contributed by atoms with Gasteiger partial charge in [-0.3, -0.25) is 14.2 Å². The number of nitrogens with zero attached hydrogens (tertiary/aromatic N) is 2. The van der Waals surface area contributed by atoms with Gasteiger partial charge in [0.1, 0.15) is 5.82 Å². The van der Waals surface area contributed by atoms with Gasteiger partial charge in [-0.2, -0.15) is 0 Å². The highest BCUT2D eigenvalue weighted by Gasteiger charge is 2.13. The number of carbonyl (C=O) groups excluding carboxylic acids is 2. The highest BCUT2D eigenvalue weighted by molar-refractivity contribution is 5.91. The molecular formula is C27H25N3O6. The number of rotatable bonds is 8. The summed E-state index contributed by atoms with van der Waals surface area (Å²) in [6.45, 7) is 1.55. The molecule has 184 valence electrons. The van der Waals surface area contributed by atoms with Crippen molar-refractivity contribution in [2.45, 2.75) is 13.5 Å². The second-order valence-corrected chi connectivity index (χ2v) is 7.91. The van der Waals surface area contributed by atoms with E-state index in [0.29, 0.717) is 33.9 Å². The quantitative estimate of drug-likeness (QED) is 0.380. The van der Waals surface area contributed by atoms with Crippen molar-refractivity contribution in [2.24, 2.45) is 0 Å². The molecule has 0 spiro atoms. The second kappa shape index (κ2) is 10.7. The Morgan fingerprint density at radius 3 is 2.39 bits per heavy atom. The van der Waals surface area contributed by atoms with Crippen LogP contribution >= 0.6 is 0 Å². The van der Waals surface area contributed by atoms with Gasteiger partial charge in [0.05, 0.1) is 36.4 Å². The Morgan fingerprint density at radius 1 is 0.944 bits per heavy atom. The molecule has 0 aliphatic rings. The zero-order valence-electron chi connectivity index (χ0n) is 20.1. The smallest absolute Gasteiger partial charge is 0.338 e. The number of ether oxygens (including phenoxy) is 3. The third kappa shape index (κ3) is 5.20. The number of benzene rings is 3. The van der Waals surface area contributed by atoms with Crippen LogP contribution in [0.2, 0.25) is 0 Å². The molecule has 0 saturated heterocycles. The average molecular weight is 488 g/mol. The molecule has 0 bridgehead atoms. The van der Waals surface area contributed by atoms with Crippen molar-refractivity contribution >= 4 is 22.8 Å². The lowest BCUT2D eigenvalue weighted by atomic mass is 10.2. The predicted octanol–water partition coefficient (Wildman–Crippen LogP) is 3.18. The normalized spacial score (nSPS) is 10.6. The first-order valence-electron chi connectivity index (χ1n) is 11.1. The topological polar surface area (TPSA) is 109 Å². The summed E-state index contributed by atoms with van der Waals surface area (Å²) in [5.74, 6) is 0.573. The number of aromatic nitrogens is 2. The molecule has 1 heterocycles. The van der Waals surface area contributed by atoms with Crippen LogP contribution in [0.5, 0.6) is 11.5 Å². The van der Waals surface area contributed by atoms with Crippen molar-refractivity contribution in [2.75, 3.05) is 20.8 Å². The van der Waals surface area contributed by atoms with Crippen molar-refractivity contribution in [1.29, 1.82) is 0 Å². The van der Waals surface area contributed by atoms with Gasteiger partial charge >= 0.3 is 5.97 Å². The van der Waals surface area contributed by atoms with Gasteiger partial charge in [-0.25, -0.2) is 9.78 Å². The molecule has 0 atom stereocenters. The first-order chi connectivity index (χ1) is 17.4. The molecular weight excluding hydrogens is 462 g/mol. The molecule has 36 heavy (non-hydrogen) atoms. The largest absolute Gasteiger partial charge is 0.493 e. The van der Waals surface area contributed by atoms with E-state index in [9.17, 15) is 14.4 Å². The maximum atomic E-state index is 13.0. The monoisotopic (exact) mass is 487 g/mol. The van der Waals surface area contributed by atoms with Crippen molar-refractivity contribution in [1.82, 2.24) is 14.9 Å². The van der Waals surface area contributed by atoms with Gasteiger partial charge in [0.15, 0.2) is 18.1 Å². The zero-order valence-corrected chi connectivity index (χ0v) is 20.1.